The van der Waals surface area contributed by atoms with Crippen LogP contribution in [0.5, 0.6) is 0 Å². The third-order valence-corrected chi connectivity index (χ3v) is 7.34. The first-order chi connectivity index (χ1) is 17.2. The van der Waals surface area contributed by atoms with Crippen LogP contribution in [-0.4, -0.2) is 38.9 Å². The number of nitrogens with zero attached hydrogens (tertiary/aromatic N) is 3. The van der Waals surface area contributed by atoms with Crippen LogP contribution in [0.4, 0.5) is 10.5 Å². The number of ether oxygens (including phenoxy) is 1. The molecule has 2 aliphatic rings. The third kappa shape index (κ3) is 4.59. The highest BCUT2D eigenvalue weighted by atomic mass is 16.6. The molecule has 1 aliphatic heterocycles. The van der Waals surface area contributed by atoms with Crippen molar-refractivity contribution in [1.82, 2.24) is 9.55 Å². The Labute approximate surface area is 212 Å². The number of aromatic nitrogens is 2. The van der Waals surface area contributed by atoms with E-state index in [1.54, 1.807) is 17.2 Å². The van der Waals surface area contributed by atoms with Gasteiger partial charge in [0.25, 0.3) is 0 Å². The summed E-state index contributed by atoms with van der Waals surface area (Å²) in [5, 5.41) is 10.8. The smallest absolute Gasteiger partial charge is 0.414 e. The second-order valence-corrected chi connectivity index (χ2v) is 11.0. The summed E-state index contributed by atoms with van der Waals surface area (Å²) >= 11 is 0. The van der Waals surface area contributed by atoms with Crippen LogP contribution in [0.2, 0.25) is 0 Å². The summed E-state index contributed by atoms with van der Waals surface area (Å²) in [6.07, 6.45) is 10.7. The zero-order chi connectivity index (χ0) is 25.4. The highest BCUT2D eigenvalue weighted by Crippen LogP contribution is 2.47. The highest BCUT2D eigenvalue weighted by Gasteiger charge is 2.32. The van der Waals surface area contributed by atoms with Gasteiger partial charge in [0.15, 0.2) is 0 Å². The van der Waals surface area contributed by atoms with E-state index in [1.165, 1.54) is 24.8 Å². The number of rotatable bonds is 2. The van der Waals surface area contributed by atoms with Crippen molar-refractivity contribution in [1.29, 1.82) is 0 Å². The fraction of sp³-hybridized carbons (Fsp3) is 0.483. The largest absolute Gasteiger partial charge is 0.478 e. The van der Waals surface area contributed by atoms with Crippen molar-refractivity contribution in [3.05, 3.63) is 47.8 Å². The van der Waals surface area contributed by atoms with Crippen LogP contribution in [0.3, 0.4) is 0 Å². The number of pyridine rings is 1. The minimum atomic E-state index is -0.923. The van der Waals surface area contributed by atoms with Gasteiger partial charge in [-0.1, -0.05) is 25.3 Å². The summed E-state index contributed by atoms with van der Waals surface area (Å²) in [6, 6.07) is 7.41. The average Bonchev–Trinajstić information content (AvgIpc) is 3.19. The summed E-state index contributed by atoms with van der Waals surface area (Å²) in [7, 11) is 0. The third-order valence-electron chi connectivity index (χ3n) is 7.34. The van der Waals surface area contributed by atoms with E-state index < -0.39 is 11.6 Å². The molecule has 7 heteroatoms. The van der Waals surface area contributed by atoms with Gasteiger partial charge in [-0.15, -0.1) is 0 Å². The van der Waals surface area contributed by atoms with E-state index in [0.717, 1.165) is 60.1 Å². The molecule has 1 amide bonds. The number of benzene rings is 1. The molecule has 190 valence electrons. The van der Waals surface area contributed by atoms with Gasteiger partial charge in [0.2, 0.25) is 0 Å². The predicted molar refractivity (Wildman–Crippen MR) is 141 cm³/mol. The van der Waals surface area contributed by atoms with E-state index >= 15 is 0 Å². The minimum Gasteiger partial charge on any atom is -0.478 e. The molecule has 0 atom stereocenters. The molecule has 0 spiro atoms. The first-order valence-electron chi connectivity index (χ1n) is 13.1. The number of amides is 1. The lowest BCUT2D eigenvalue weighted by molar-refractivity contribution is 0.0579. The summed E-state index contributed by atoms with van der Waals surface area (Å²) < 4.78 is 8.08. The van der Waals surface area contributed by atoms with Crippen molar-refractivity contribution in [2.24, 2.45) is 0 Å². The van der Waals surface area contributed by atoms with E-state index in [2.05, 4.69) is 9.55 Å². The molecule has 7 nitrogen and oxygen atoms in total. The lowest BCUT2D eigenvalue weighted by atomic mass is 9.81. The zero-order valence-electron chi connectivity index (χ0n) is 21.4. The molecule has 3 heterocycles. The molecule has 36 heavy (non-hydrogen) atoms. The fourth-order valence-electron chi connectivity index (χ4n) is 5.81. The Morgan fingerprint density at radius 2 is 1.78 bits per heavy atom. The Kier molecular flexibility index (Phi) is 6.49. The molecule has 0 saturated heterocycles. The average molecular weight is 490 g/mol. The van der Waals surface area contributed by atoms with Crippen LogP contribution in [0.1, 0.15) is 87.6 Å². The van der Waals surface area contributed by atoms with Crippen molar-refractivity contribution in [3.8, 4) is 11.3 Å². The molecule has 1 fully saturated rings. The fourth-order valence-corrected chi connectivity index (χ4v) is 5.81. The summed E-state index contributed by atoms with van der Waals surface area (Å²) in [4.78, 5) is 31.4. The van der Waals surface area contributed by atoms with Crippen LogP contribution < -0.4 is 4.90 Å². The number of carbonyl (C=O) groups excluding carboxylic acids is 1. The predicted octanol–water partition coefficient (Wildman–Crippen LogP) is 6.98. The summed E-state index contributed by atoms with van der Waals surface area (Å²) in [5.74, 6) is -0.537. The van der Waals surface area contributed by atoms with E-state index in [9.17, 15) is 14.7 Å². The molecule has 1 N–H and O–H groups in total. The van der Waals surface area contributed by atoms with Gasteiger partial charge in [0, 0.05) is 41.9 Å². The lowest BCUT2D eigenvalue weighted by Crippen LogP contribution is -2.37. The number of fused-ring (bicyclic) bond motifs is 5. The lowest BCUT2D eigenvalue weighted by Gasteiger charge is -2.29. The minimum absolute atomic E-state index is 0.291. The standard InChI is InChI=1S/C29H35N3O4/c1-29(2,3)36-28(35)32-16-8-7-15-31-24-17-20(27(33)34)11-12-21(24)25(19-9-5-4-6-10-19)26(31)22-18-30-14-13-23(22)32/h11-14,17-19H,4-10,15-16H2,1-3H3,(H,33,34). The number of carboxylic acids is 1. The molecule has 1 aliphatic carbocycles. The molecule has 2 aromatic heterocycles. The maximum atomic E-state index is 13.4. The topological polar surface area (TPSA) is 84.7 Å². The van der Waals surface area contributed by atoms with Crippen LogP contribution in [0.25, 0.3) is 22.2 Å². The molecule has 0 radical (unpaired) electrons. The maximum absolute atomic E-state index is 13.4. The Morgan fingerprint density at radius 3 is 2.50 bits per heavy atom. The number of aryl methyl sites for hydroxylation is 1. The van der Waals surface area contributed by atoms with Crippen LogP contribution >= 0.6 is 0 Å². The molecule has 1 aromatic carbocycles. The summed E-state index contributed by atoms with van der Waals surface area (Å²) in [5.41, 5.74) is 4.67. The highest BCUT2D eigenvalue weighted by molar-refractivity contribution is 6.01. The second kappa shape index (κ2) is 9.60. The van der Waals surface area contributed by atoms with E-state index in [0.29, 0.717) is 18.0 Å². The number of hydrogen-bond donors (Lipinski definition) is 1. The first kappa shape index (κ1) is 24.3. The van der Waals surface area contributed by atoms with E-state index in [-0.39, 0.29) is 6.09 Å². The Balaban J connectivity index is 1.77. The van der Waals surface area contributed by atoms with Gasteiger partial charge in [-0.05, 0) is 76.1 Å². The monoisotopic (exact) mass is 489 g/mol. The quantitative estimate of drug-likeness (QED) is 0.419. The van der Waals surface area contributed by atoms with Gasteiger partial charge < -0.3 is 14.4 Å². The molecule has 1 saturated carbocycles. The number of hydrogen-bond acceptors (Lipinski definition) is 4. The molecule has 3 aromatic rings. The molecule has 5 rings (SSSR count). The van der Waals surface area contributed by atoms with Gasteiger partial charge >= 0.3 is 12.1 Å². The van der Waals surface area contributed by atoms with Crippen molar-refractivity contribution in [2.45, 2.75) is 83.8 Å². The van der Waals surface area contributed by atoms with Gasteiger partial charge in [-0.25, -0.2) is 9.59 Å². The number of carboxylic acid groups (broad SMARTS) is 1. The Morgan fingerprint density at radius 1 is 1.03 bits per heavy atom. The van der Waals surface area contributed by atoms with E-state index in [4.69, 9.17) is 4.74 Å². The van der Waals surface area contributed by atoms with Crippen molar-refractivity contribution >= 4 is 28.7 Å². The van der Waals surface area contributed by atoms with Crippen LogP contribution in [0, 0.1) is 0 Å². The molecule has 0 bridgehead atoms. The van der Waals surface area contributed by atoms with Gasteiger partial charge in [0.1, 0.15) is 5.60 Å². The zero-order valence-corrected chi connectivity index (χ0v) is 21.4. The number of carbonyl (C=O) groups is 2. The van der Waals surface area contributed by atoms with Crippen LogP contribution in [-0.2, 0) is 11.3 Å². The molecular formula is C29H35N3O4. The normalized spacial score (nSPS) is 17.0. The van der Waals surface area contributed by atoms with E-state index in [1.807, 2.05) is 45.2 Å². The summed E-state index contributed by atoms with van der Waals surface area (Å²) in [6.45, 7) is 6.95. The maximum Gasteiger partial charge on any atom is 0.414 e. The Bertz CT molecular complexity index is 1300. The van der Waals surface area contributed by atoms with Crippen LogP contribution in [0.15, 0.2) is 36.7 Å². The first-order valence-corrected chi connectivity index (χ1v) is 13.1. The molecular weight excluding hydrogens is 454 g/mol. The van der Waals surface area contributed by atoms with Crippen molar-refractivity contribution in [2.75, 3.05) is 11.4 Å². The SMILES string of the molecule is CC(C)(C)OC(=O)N1CCCCn2c(c(C3CCCCC3)c3ccc(C(=O)O)cc32)-c2cnccc21. The van der Waals surface area contributed by atoms with Gasteiger partial charge in [0.05, 0.1) is 16.9 Å². The van der Waals surface area contributed by atoms with Crippen molar-refractivity contribution in [3.63, 3.8) is 0 Å². The van der Waals surface area contributed by atoms with Gasteiger partial charge in [-0.2, -0.15) is 0 Å². The number of aromatic carboxylic acids is 1. The molecule has 0 unspecified atom stereocenters. The van der Waals surface area contributed by atoms with Crippen molar-refractivity contribution < 1.29 is 19.4 Å². The number of anilines is 1. The van der Waals surface area contributed by atoms with Gasteiger partial charge in [-0.3, -0.25) is 9.88 Å². The Hall–Kier alpha value is -3.35. The second-order valence-electron chi connectivity index (χ2n) is 11.0.